The lowest BCUT2D eigenvalue weighted by atomic mass is 10.0. The number of fused-ring (bicyclic) bond motifs is 1. The summed E-state index contributed by atoms with van der Waals surface area (Å²) in [6, 6.07) is 10.2. The summed E-state index contributed by atoms with van der Waals surface area (Å²) in [4.78, 5) is 12.4. The summed E-state index contributed by atoms with van der Waals surface area (Å²) < 4.78 is 24.9. The van der Waals surface area contributed by atoms with Crippen LogP contribution in [0.4, 0.5) is 5.69 Å². The molecule has 0 spiro atoms. The van der Waals surface area contributed by atoms with E-state index in [9.17, 15) is 13.2 Å². The van der Waals surface area contributed by atoms with Crippen molar-refractivity contribution in [2.24, 2.45) is 0 Å². The molecule has 25 heavy (non-hydrogen) atoms. The van der Waals surface area contributed by atoms with Gasteiger partial charge in [-0.1, -0.05) is 29.3 Å². The first-order valence-electron chi connectivity index (χ1n) is 7.57. The van der Waals surface area contributed by atoms with Crippen molar-refractivity contribution in [1.82, 2.24) is 4.31 Å². The van der Waals surface area contributed by atoms with E-state index in [1.54, 1.807) is 24.3 Å². The number of hydrogen-bond donors (Lipinski definition) is 1. The fraction of sp³-hybridized carbons (Fsp3) is 0.235. The van der Waals surface area contributed by atoms with Crippen molar-refractivity contribution < 1.29 is 13.2 Å². The van der Waals surface area contributed by atoms with Gasteiger partial charge in [0.1, 0.15) is 0 Å². The average Bonchev–Trinajstić information content (AvgIpc) is 2.53. The lowest BCUT2D eigenvalue weighted by Crippen LogP contribution is -2.35. The Morgan fingerprint density at radius 3 is 2.56 bits per heavy atom. The van der Waals surface area contributed by atoms with Crippen molar-refractivity contribution in [3.05, 3.63) is 63.1 Å². The van der Waals surface area contributed by atoms with Crippen LogP contribution in [-0.2, 0) is 23.0 Å². The van der Waals surface area contributed by atoms with Crippen molar-refractivity contribution in [2.75, 3.05) is 18.1 Å². The smallest absolute Gasteiger partial charge is 0.257 e. The third-order valence-corrected chi connectivity index (χ3v) is 5.88. The number of rotatable bonds is 3. The second kappa shape index (κ2) is 6.96. The monoisotopic (exact) mass is 398 g/mol. The molecule has 1 aliphatic heterocycles. The summed E-state index contributed by atoms with van der Waals surface area (Å²) in [5.41, 5.74) is 2.88. The van der Waals surface area contributed by atoms with Crippen LogP contribution in [-0.4, -0.2) is 31.4 Å². The number of hydrogen-bond acceptors (Lipinski definition) is 3. The van der Waals surface area contributed by atoms with E-state index in [0.29, 0.717) is 35.8 Å². The third-order valence-electron chi connectivity index (χ3n) is 4.09. The van der Waals surface area contributed by atoms with Crippen LogP contribution in [0.2, 0.25) is 10.0 Å². The zero-order valence-corrected chi connectivity index (χ0v) is 15.7. The molecule has 0 atom stereocenters. The molecule has 1 amide bonds. The van der Waals surface area contributed by atoms with E-state index in [-0.39, 0.29) is 10.9 Å². The molecule has 0 aliphatic carbocycles. The standard InChI is InChI=1S/C17H16Cl2N2O3S/c1-25(23,24)21-7-6-11-2-4-14(8-12(11)10-21)20-17(22)15-5-3-13(18)9-16(15)19/h2-5,8-9H,6-7,10H2,1H3,(H,20,22). The molecule has 0 radical (unpaired) electrons. The summed E-state index contributed by atoms with van der Waals surface area (Å²) in [6.45, 7) is 0.775. The molecule has 3 rings (SSSR count). The third kappa shape index (κ3) is 4.15. The predicted octanol–water partition coefficient (Wildman–Crippen LogP) is 3.56. The number of carbonyl (C=O) groups is 1. The van der Waals surface area contributed by atoms with Crippen molar-refractivity contribution in [1.29, 1.82) is 0 Å². The summed E-state index contributed by atoms with van der Waals surface area (Å²) >= 11 is 11.9. The molecule has 0 saturated heterocycles. The van der Waals surface area contributed by atoms with Gasteiger partial charge in [0.2, 0.25) is 10.0 Å². The van der Waals surface area contributed by atoms with Crippen LogP contribution >= 0.6 is 23.2 Å². The highest BCUT2D eigenvalue weighted by molar-refractivity contribution is 7.88. The summed E-state index contributed by atoms with van der Waals surface area (Å²) in [7, 11) is -3.24. The number of anilines is 1. The van der Waals surface area contributed by atoms with Gasteiger partial charge in [-0.2, -0.15) is 4.31 Å². The average molecular weight is 399 g/mol. The first-order chi connectivity index (χ1) is 11.7. The minimum absolute atomic E-state index is 0.270. The van der Waals surface area contributed by atoms with Crippen LogP contribution in [0, 0.1) is 0 Å². The van der Waals surface area contributed by atoms with Gasteiger partial charge in [0.15, 0.2) is 0 Å². The van der Waals surface area contributed by atoms with Crippen LogP contribution in [0.25, 0.3) is 0 Å². The van der Waals surface area contributed by atoms with Crippen molar-refractivity contribution >= 4 is 44.8 Å². The van der Waals surface area contributed by atoms with Crippen LogP contribution in [0.15, 0.2) is 36.4 Å². The molecule has 2 aromatic carbocycles. The van der Waals surface area contributed by atoms with Crippen LogP contribution in [0.1, 0.15) is 21.5 Å². The molecule has 0 aromatic heterocycles. The molecule has 5 nitrogen and oxygen atoms in total. The van der Waals surface area contributed by atoms with E-state index in [1.165, 1.54) is 16.6 Å². The first-order valence-corrected chi connectivity index (χ1v) is 10.2. The van der Waals surface area contributed by atoms with Crippen molar-refractivity contribution in [2.45, 2.75) is 13.0 Å². The topological polar surface area (TPSA) is 66.5 Å². The Kier molecular flexibility index (Phi) is 5.06. The molecule has 132 valence electrons. The number of amides is 1. The van der Waals surface area contributed by atoms with Gasteiger partial charge in [0, 0.05) is 23.8 Å². The second-order valence-electron chi connectivity index (χ2n) is 5.91. The van der Waals surface area contributed by atoms with Crippen LogP contribution in [0.3, 0.4) is 0 Å². The quantitative estimate of drug-likeness (QED) is 0.858. The molecule has 8 heteroatoms. The number of benzene rings is 2. The zero-order chi connectivity index (χ0) is 18.2. The maximum Gasteiger partial charge on any atom is 0.257 e. The lowest BCUT2D eigenvalue weighted by molar-refractivity contribution is 0.102. The van der Waals surface area contributed by atoms with Gasteiger partial charge in [0.05, 0.1) is 16.8 Å². The minimum Gasteiger partial charge on any atom is -0.322 e. The predicted molar refractivity (Wildman–Crippen MR) is 99.8 cm³/mol. The van der Waals surface area contributed by atoms with Crippen LogP contribution in [0.5, 0.6) is 0 Å². The number of halogens is 2. The number of sulfonamides is 1. The number of nitrogens with one attached hydrogen (secondary N) is 1. The molecule has 1 heterocycles. The molecule has 0 saturated carbocycles. The van der Waals surface area contributed by atoms with E-state index < -0.39 is 10.0 Å². The zero-order valence-electron chi connectivity index (χ0n) is 13.4. The Balaban J connectivity index is 1.82. The molecular weight excluding hydrogens is 383 g/mol. The Morgan fingerprint density at radius 2 is 1.88 bits per heavy atom. The Labute approximate surface area is 156 Å². The van der Waals surface area contributed by atoms with Crippen molar-refractivity contribution in [3.8, 4) is 0 Å². The molecule has 2 aromatic rings. The van der Waals surface area contributed by atoms with Gasteiger partial charge in [-0.25, -0.2) is 8.42 Å². The summed E-state index contributed by atoms with van der Waals surface area (Å²) in [5, 5.41) is 3.51. The fourth-order valence-corrected chi connectivity index (χ4v) is 4.05. The molecule has 1 N–H and O–H groups in total. The van der Waals surface area contributed by atoms with Gasteiger partial charge in [-0.15, -0.1) is 0 Å². The van der Waals surface area contributed by atoms with Gasteiger partial charge in [0.25, 0.3) is 5.91 Å². The highest BCUT2D eigenvalue weighted by Crippen LogP contribution is 2.26. The summed E-state index contributed by atoms with van der Waals surface area (Å²) in [6.07, 6.45) is 1.85. The Morgan fingerprint density at radius 1 is 1.12 bits per heavy atom. The highest BCUT2D eigenvalue weighted by atomic mass is 35.5. The molecule has 0 unspecified atom stereocenters. The van der Waals surface area contributed by atoms with Gasteiger partial charge in [-0.3, -0.25) is 4.79 Å². The summed E-state index contributed by atoms with van der Waals surface area (Å²) in [5.74, 6) is -0.350. The maximum absolute atomic E-state index is 12.4. The number of nitrogens with zero attached hydrogens (tertiary/aromatic N) is 1. The van der Waals surface area contributed by atoms with Gasteiger partial charge in [-0.05, 0) is 47.9 Å². The normalized spacial score (nSPS) is 14.8. The highest BCUT2D eigenvalue weighted by Gasteiger charge is 2.23. The Hall–Kier alpha value is -1.60. The van der Waals surface area contributed by atoms with Crippen molar-refractivity contribution in [3.63, 3.8) is 0 Å². The molecule has 0 fully saturated rings. The van der Waals surface area contributed by atoms with Crippen LogP contribution < -0.4 is 5.32 Å². The SMILES string of the molecule is CS(=O)(=O)N1CCc2ccc(NC(=O)c3ccc(Cl)cc3Cl)cc2C1. The first kappa shape index (κ1) is 18.2. The second-order valence-corrected chi connectivity index (χ2v) is 8.73. The van der Waals surface area contributed by atoms with Gasteiger partial charge < -0.3 is 5.32 Å². The van der Waals surface area contributed by atoms with E-state index in [0.717, 1.165) is 11.1 Å². The largest absolute Gasteiger partial charge is 0.322 e. The molecule has 1 aliphatic rings. The van der Waals surface area contributed by atoms with Gasteiger partial charge >= 0.3 is 0 Å². The van der Waals surface area contributed by atoms with E-state index in [1.807, 2.05) is 6.07 Å². The molecule has 0 bridgehead atoms. The maximum atomic E-state index is 12.4. The van der Waals surface area contributed by atoms with E-state index in [2.05, 4.69) is 5.32 Å². The number of carbonyl (C=O) groups excluding carboxylic acids is 1. The lowest BCUT2D eigenvalue weighted by Gasteiger charge is -2.27. The van der Waals surface area contributed by atoms with E-state index >= 15 is 0 Å². The minimum atomic E-state index is -3.24. The molecular formula is C17H16Cl2N2O3S. The Bertz CT molecular complexity index is 945. The fourth-order valence-electron chi connectivity index (χ4n) is 2.76. The van der Waals surface area contributed by atoms with E-state index in [4.69, 9.17) is 23.2 Å².